The van der Waals surface area contributed by atoms with Crippen LogP contribution in [0.3, 0.4) is 0 Å². The van der Waals surface area contributed by atoms with E-state index in [1.54, 1.807) is 12.1 Å². The average Bonchev–Trinajstić information content (AvgIpc) is 2.70. The molecule has 0 N–H and O–H groups in total. The Balaban J connectivity index is 1.47. The van der Waals surface area contributed by atoms with Gasteiger partial charge in [-0.15, -0.1) is 6.58 Å². The number of hydrogen-bond donors (Lipinski definition) is 0. The molecule has 0 aromatic heterocycles. The van der Waals surface area contributed by atoms with Crippen molar-refractivity contribution in [3.05, 3.63) is 47.8 Å². The molecule has 1 saturated carbocycles. The number of hydrogen-bond acceptors (Lipinski definition) is 3. The highest BCUT2D eigenvalue weighted by Gasteiger charge is 2.32. The van der Waals surface area contributed by atoms with Gasteiger partial charge in [-0.3, -0.25) is 0 Å². The topological polar surface area (TPSA) is 27.7 Å². The molecule has 1 aromatic rings. The van der Waals surface area contributed by atoms with Gasteiger partial charge in [0.05, 0.1) is 26.4 Å². The highest BCUT2D eigenvalue weighted by molar-refractivity contribution is 5.27. The minimum Gasteiger partial charge on any atom is -0.373 e. The van der Waals surface area contributed by atoms with E-state index >= 15 is 0 Å². The molecule has 1 aliphatic heterocycles. The second-order valence-electron chi connectivity index (χ2n) is 7.96. The first-order chi connectivity index (χ1) is 13.2. The van der Waals surface area contributed by atoms with Crippen LogP contribution in [-0.4, -0.2) is 26.1 Å². The van der Waals surface area contributed by atoms with Crippen molar-refractivity contribution in [2.24, 2.45) is 11.8 Å². The summed E-state index contributed by atoms with van der Waals surface area (Å²) in [6, 6.07) is 5.62. The average molecular weight is 377 g/mol. The van der Waals surface area contributed by atoms with Gasteiger partial charge in [-0.25, -0.2) is 4.39 Å². The summed E-state index contributed by atoms with van der Waals surface area (Å²) in [5.74, 6) is 1.29. The van der Waals surface area contributed by atoms with Crippen molar-refractivity contribution in [1.82, 2.24) is 0 Å². The van der Waals surface area contributed by atoms with Crippen LogP contribution in [0.1, 0.15) is 62.5 Å². The van der Waals surface area contributed by atoms with Crippen LogP contribution in [-0.2, 0) is 20.8 Å². The van der Waals surface area contributed by atoms with Gasteiger partial charge in [0.25, 0.3) is 0 Å². The van der Waals surface area contributed by atoms with Gasteiger partial charge in [0.1, 0.15) is 5.82 Å². The molecular weight excluding hydrogens is 343 g/mol. The molecule has 1 aromatic carbocycles. The molecule has 0 bridgehead atoms. The van der Waals surface area contributed by atoms with Crippen molar-refractivity contribution < 1.29 is 18.6 Å². The van der Waals surface area contributed by atoms with Crippen LogP contribution in [0.5, 0.6) is 0 Å². The third-order valence-electron chi connectivity index (χ3n) is 5.89. The lowest BCUT2D eigenvalue weighted by atomic mass is 9.78. The Hall–Kier alpha value is -1.23. The van der Waals surface area contributed by atoms with Gasteiger partial charge in [0.2, 0.25) is 0 Å². The van der Waals surface area contributed by atoms with E-state index in [0.717, 1.165) is 44.5 Å². The highest BCUT2D eigenvalue weighted by Crippen LogP contribution is 2.39. The molecule has 1 heterocycles. The normalized spacial score (nSPS) is 28.8. The van der Waals surface area contributed by atoms with Crippen LogP contribution in [0, 0.1) is 17.7 Å². The van der Waals surface area contributed by atoms with Gasteiger partial charge in [0, 0.05) is 17.4 Å². The van der Waals surface area contributed by atoms with E-state index in [1.807, 2.05) is 6.07 Å². The Kier molecular flexibility index (Phi) is 7.86. The Morgan fingerprint density at radius 2 is 1.93 bits per heavy atom. The summed E-state index contributed by atoms with van der Waals surface area (Å²) in [5, 5.41) is 0. The molecule has 0 radical (unpaired) electrons. The summed E-state index contributed by atoms with van der Waals surface area (Å²) < 4.78 is 31.7. The first-order valence-electron chi connectivity index (χ1n) is 10.4. The van der Waals surface area contributed by atoms with E-state index in [0.29, 0.717) is 36.5 Å². The maximum Gasteiger partial charge on any atom is 0.160 e. The molecule has 3 nitrogen and oxygen atoms in total. The molecule has 150 valence electrons. The molecule has 0 amide bonds. The lowest BCUT2D eigenvalue weighted by Gasteiger charge is -2.37. The first kappa shape index (κ1) is 20.5. The van der Waals surface area contributed by atoms with Gasteiger partial charge in [0.15, 0.2) is 6.29 Å². The predicted molar refractivity (Wildman–Crippen MR) is 105 cm³/mol. The Morgan fingerprint density at radius 1 is 1.19 bits per heavy atom. The minimum absolute atomic E-state index is 0.0415. The zero-order chi connectivity index (χ0) is 19.1. The third-order valence-corrected chi connectivity index (χ3v) is 5.89. The SMILES string of the molecule is C=CCOCc1ccc(C2CCC(C3OCC(CCC)CO3)CC2)cc1F. The van der Waals surface area contributed by atoms with E-state index in [-0.39, 0.29) is 12.1 Å². The molecule has 2 fully saturated rings. The van der Waals surface area contributed by atoms with E-state index in [4.69, 9.17) is 14.2 Å². The summed E-state index contributed by atoms with van der Waals surface area (Å²) in [6.07, 6.45) is 8.30. The second-order valence-corrected chi connectivity index (χ2v) is 7.96. The molecule has 2 aliphatic rings. The number of halogens is 1. The van der Waals surface area contributed by atoms with Crippen LogP contribution in [0.4, 0.5) is 4.39 Å². The van der Waals surface area contributed by atoms with Crippen LogP contribution < -0.4 is 0 Å². The standard InChI is InChI=1S/C23H33FO3/c1-3-5-17-14-26-23(27-15-17)19-8-6-18(7-9-19)20-10-11-21(22(24)13-20)16-25-12-4-2/h4,10-11,13,17-19,23H,2-3,5-9,12,14-16H2,1H3. The second kappa shape index (κ2) is 10.4. The fraction of sp³-hybridized carbons (Fsp3) is 0.652. The van der Waals surface area contributed by atoms with E-state index < -0.39 is 0 Å². The minimum atomic E-state index is -0.167. The van der Waals surface area contributed by atoms with E-state index in [9.17, 15) is 4.39 Å². The molecular formula is C23H33FO3. The molecule has 27 heavy (non-hydrogen) atoms. The van der Waals surface area contributed by atoms with Crippen LogP contribution in [0.25, 0.3) is 0 Å². The van der Waals surface area contributed by atoms with Crippen LogP contribution >= 0.6 is 0 Å². The number of benzene rings is 1. The smallest absolute Gasteiger partial charge is 0.160 e. The number of ether oxygens (including phenoxy) is 3. The van der Waals surface area contributed by atoms with Gasteiger partial charge >= 0.3 is 0 Å². The van der Waals surface area contributed by atoms with Gasteiger partial charge in [-0.05, 0) is 49.7 Å². The highest BCUT2D eigenvalue weighted by atomic mass is 19.1. The van der Waals surface area contributed by atoms with Crippen LogP contribution in [0.15, 0.2) is 30.9 Å². The quantitative estimate of drug-likeness (QED) is 0.437. The number of rotatable bonds is 8. The third kappa shape index (κ3) is 5.63. The van der Waals surface area contributed by atoms with Crippen molar-refractivity contribution in [1.29, 1.82) is 0 Å². The summed E-state index contributed by atoms with van der Waals surface area (Å²) in [4.78, 5) is 0. The largest absolute Gasteiger partial charge is 0.373 e. The molecule has 4 heteroatoms. The van der Waals surface area contributed by atoms with Gasteiger partial charge < -0.3 is 14.2 Å². The maximum absolute atomic E-state index is 14.4. The van der Waals surface area contributed by atoms with Crippen molar-refractivity contribution in [2.45, 2.75) is 64.3 Å². The van der Waals surface area contributed by atoms with Gasteiger partial charge in [-0.2, -0.15) is 0 Å². The van der Waals surface area contributed by atoms with E-state index in [1.165, 1.54) is 12.8 Å². The van der Waals surface area contributed by atoms with Crippen molar-refractivity contribution >= 4 is 0 Å². The Labute approximate surface area is 162 Å². The molecule has 3 rings (SSSR count). The van der Waals surface area contributed by atoms with Crippen molar-refractivity contribution in [2.75, 3.05) is 19.8 Å². The zero-order valence-electron chi connectivity index (χ0n) is 16.5. The summed E-state index contributed by atoms with van der Waals surface area (Å²) in [6.45, 7) is 8.21. The summed E-state index contributed by atoms with van der Waals surface area (Å²) in [7, 11) is 0. The van der Waals surface area contributed by atoms with Gasteiger partial charge in [-0.1, -0.05) is 31.6 Å². The van der Waals surface area contributed by atoms with Crippen LogP contribution in [0.2, 0.25) is 0 Å². The molecule has 0 unspecified atom stereocenters. The zero-order valence-corrected chi connectivity index (χ0v) is 16.5. The molecule has 0 atom stereocenters. The molecule has 1 saturated heterocycles. The molecule has 1 aliphatic carbocycles. The van der Waals surface area contributed by atoms with Crippen molar-refractivity contribution in [3.8, 4) is 0 Å². The summed E-state index contributed by atoms with van der Waals surface area (Å²) >= 11 is 0. The molecule has 0 spiro atoms. The van der Waals surface area contributed by atoms with Crippen molar-refractivity contribution in [3.63, 3.8) is 0 Å². The maximum atomic E-state index is 14.4. The first-order valence-corrected chi connectivity index (χ1v) is 10.4. The Morgan fingerprint density at radius 3 is 2.56 bits per heavy atom. The van der Waals surface area contributed by atoms with E-state index in [2.05, 4.69) is 19.6 Å². The fourth-order valence-corrected chi connectivity index (χ4v) is 4.32. The Bertz CT molecular complexity index is 587. The predicted octanol–water partition coefficient (Wildman–Crippen LogP) is 5.59. The monoisotopic (exact) mass is 376 g/mol. The lowest BCUT2D eigenvalue weighted by molar-refractivity contribution is -0.229. The lowest BCUT2D eigenvalue weighted by Crippen LogP contribution is -2.38. The summed E-state index contributed by atoms with van der Waals surface area (Å²) in [5.41, 5.74) is 1.71. The fourth-order valence-electron chi connectivity index (χ4n) is 4.32.